The van der Waals surface area contributed by atoms with E-state index in [2.05, 4.69) is 12.6 Å². The minimum Gasteiger partial charge on any atom is -0.455 e. The molecule has 3 saturated carbocycles. The fourth-order valence-electron chi connectivity index (χ4n) is 3.86. The first kappa shape index (κ1) is 13.6. The Balaban J connectivity index is 1.76. The lowest BCUT2D eigenvalue weighted by molar-refractivity contribution is -0.256. The normalized spacial score (nSPS) is 46.5. The van der Waals surface area contributed by atoms with Crippen molar-refractivity contribution in [1.29, 1.82) is 0 Å². The lowest BCUT2D eigenvalue weighted by Gasteiger charge is -2.62. The van der Waals surface area contributed by atoms with Crippen molar-refractivity contribution in [2.75, 3.05) is 0 Å². The van der Waals surface area contributed by atoms with Crippen molar-refractivity contribution in [2.45, 2.75) is 35.3 Å². The second kappa shape index (κ2) is 3.63. The monoisotopic (exact) mass is 312 g/mol. The summed E-state index contributed by atoms with van der Waals surface area (Å²) in [6.07, 6.45) is 1.12. The van der Waals surface area contributed by atoms with E-state index in [1.165, 1.54) is 0 Å². The molecule has 0 aromatic heterocycles. The fraction of sp³-hybridized carbons (Fsp3) is 0.900. The van der Waals surface area contributed by atoms with Gasteiger partial charge in [-0.05, 0) is 31.1 Å². The summed E-state index contributed by atoms with van der Waals surface area (Å²) in [7, 11) is -5.30. The highest BCUT2D eigenvalue weighted by Crippen LogP contribution is 2.69. The molecule has 6 unspecified atom stereocenters. The van der Waals surface area contributed by atoms with Crippen LogP contribution < -0.4 is 0 Å². The van der Waals surface area contributed by atoms with Crippen LogP contribution in [0.15, 0.2) is 0 Å². The second-order valence-corrected chi connectivity index (χ2v) is 8.01. The number of rotatable bonds is 3. The Morgan fingerprint density at radius 2 is 2.11 bits per heavy atom. The van der Waals surface area contributed by atoms with E-state index in [0.29, 0.717) is 19.3 Å². The molecule has 3 aliphatic rings. The van der Waals surface area contributed by atoms with Crippen LogP contribution in [0.2, 0.25) is 0 Å². The van der Waals surface area contributed by atoms with Gasteiger partial charge in [0.15, 0.2) is 0 Å². The second-order valence-electron chi connectivity index (χ2n) is 5.58. The summed E-state index contributed by atoms with van der Waals surface area (Å²) < 4.78 is 45.1. The summed E-state index contributed by atoms with van der Waals surface area (Å²) in [6.45, 7) is 0. The molecule has 9 heteroatoms. The predicted molar refractivity (Wildman–Crippen MR) is 63.5 cm³/mol. The highest BCUT2D eigenvalue weighted by Gasteiger charge is 2.74. The van der Waals surface area contributed by atoms with Gasteiger partial charge in [0.2, 0.25) is 0 Å². The van der Waals surface area contributed by atoms with Crippen LogP contribution in [0.1, 0.15) is 19.3 Å². The molecular weight excluding hydrogens is 299 g/mol. The molecule has 6 nitrogen and oxygen atoms in total. The van der Waals surface area contributed by atoms with Gasteiger partial charge in [-0.25, -0.2) is 4.79 Å². The Hall–Kier alpha value is -0.380. The SMILES string of the molecule is O=C(OC12CCC3C(O)C(C1)C32)C(F)(S)S(=O)(=O)O. The van der Waals surface area contributed by atoms with E-state index in [0.717, 1.165) is 0 Å². The highest BCUT2D eigenvalue weighted by atomic mass is 32.3. The molecule has 3 fully saturated rings. The summed E-state index contributed by atoms with van der Waals surface area (Å²) in [5.74, 6) is -1.66. The van der Waals surface area contributed by atoms with E-state index in [1.54, 1.807) is 0 Å². The van der Waals surface area contributed by atoms with E-state index in [-0.39, 0.29) is 17.8 Å². The van der Waals surface area contributed by atoms with Crippen molar-refractivity contribution in [1.82, 2.24) is 0 Å². The Labute approximate surface area is 114 Å². The third kappa shape index (κ3) is 1.55. The van der Waals surface area contributed by atoms with Gasteiger partial charge in [-0.2, -0.15) is 12.8 Å². The zero-order valence-corrected chi connectivity index (χ0v) is 11.4. The van der Waals surface area contributed by atoms with Gasteiger partial charge in [0.05, 0.1) is 6.10 Å². The van der Waals surface area contributed by atoms with Gasteiger partial charge in [0.25, 0.3) is 0 Å². The van der Waals surface area contributed by atoms with Crippen LogP contribution in [-0.4, -0.2) is 40.1 Å². The molecule has 0 spiro atoms. The largest absolute Gasteiger partial charge is 0.455 e. The Bertz CT molecular complexity index is 546. The molecular formula is C10H13FO6S2. The topological polar surface area (TPSA) is 101 Å². The molecule has 0 bridgehead atoms. The smallest absolute Gasteiger partial charge is 0.373 e. The average Bonchev–Trinajstić information content (AvgIpc) is 2.38. The molecule has 2 N–H and O–H groups in total. The number of esters is 1. The summed E-state index contributed by atoms with van der Waals surface area (Å²) in [5.41, 5.74) is -0.892. The van der Waals surface area contributed by atoms with Gasteiger partial charge in [0.1, 0.15) is 5.60 Å². The Morgan fingerprint density at radius 1 is 1.47 bits per heavy atom. The number of ether oxygens (including phenoxy) is 1. The number of thiol groups is 1. The Kier molecular flexibility index (Phi) is 2.60. The minimum absolute atomic E-state index is 0.0306. The number of carbonyl (C=O) groups is 1. The van der Waals surface area contributed by atoms with Crippen molar-refractivity contribution in [3.63, 3.8) is 0 Å². The maximum Gasteiger partial charge on any atom is 0.373 e. The number of hydrogen-bond donors (Lipinski definition) is 3. The summed E-state index contributed by atoms with van der Waals surface area (Å²) in [6, 6.07) is 0. The molecule has 0 amide bonds. The highest BCUT2D eigenvalue weighted by molar-refractivity contribution is 8.04. The van der Waals surface area contributed by atoms with Gasteiger partial charge in [-0.3, -0.25) is 4.55 Å². The van der Waals surface area contributed by atoms with Crippen molar-refractivity contribution >= 4 is 28.7 Å². The lowest BCUT2D eigenvalue weighted by atomic mass is 9.48. The van der Waals surface area contributed by atoms with Gasteiger partial charge in [0, 0.05) is 5.92 Å². The van der Waals surface area contributed by atoms with E-state index < -0.39 is 32.1 Å². The quantitative estimate of drug-likeness (QED) is 0.389. The number of aliphatic hydroxyl groups is 1. The molecule has 3 aliphatic carbocycles. The first-order valence-corrected chi connectivity index (χ1v) is 7.79. The van der Waals surface area contributed by atoms with Crippen LogP contribution in [0.3, 0.4) is 0 Å². The van der Waals surface area contributed by atoms with Gasteiger partial charge in [-0.15, -0.1) is 12.6 Å². The predicted octanol–water partition coefficient (Wildman–Crippen LogP) is 0.130. The molecule has 0 aromatic carbocycles. The van der Waals surface area contributed by atoms with Crippen molar-refractivity contribution in [2.24, 2.45) is 17.8 Å². The molecule has 108 valence electrons. The molecule has 0 aliphatic heterocycles. The van der Waals surface area contributed by atoms with Gasteiger partial charge < -0.3 is 9.84 Å². The van der Waals surface area contributed by atoms with Gasteiger partial charge in [-0.1, -0.05) is 0 Å². The number of hydrogen-bond acceptors (Lipinski definition) is 6. The number of halogens is 1. The molecule has 19 heavy (non-hydrogen) atoms. The van der Waals surface area contributed by atoms with Crippen LogP contribution >= 0.6 is 12.6 Å². The minimum atomic E-state index is -5.30. The molecule has 3 rings (SSSR count). The van der Waals surface area contributed by atoms with E-state index in [4.69, 9.17) is 9.29 Å². The first-order chi connectivity index (χ1) is 8.60. The summed E-state index contributed by atoms with van der Waals surface area (Å²) in [5, 5.41) is 9.70. The van der Waals surface area contributed by atoms with Crippen molar-refractivity contribution in [3.05, 3.63) is 0 Å². The van der Waals surface area contributed by atoms with Crippen LogP contribution in [0.4, 0.5) is 4.39 Å². The number of alkyl halides is 1. The van der Waals surface area contributed by atoms with Gasteiger partial charge >= 0.3 is 20.4 Å². The van der Waals surface area contributed by atoms with Crippen molar-refractivity contribution in [3.8, 4) is 0 Å². The molecule has 0 aromatic rings. The first-order valence-electron chi connectivity index (χ1n) is 5.90. The summed E-state index contributed by atoms with van der Waals surface area (Å²) >= 11 is 3.05. The maximum absolute atomic E-state index is 13.7. The standard InChI is InChI=1S/C10H13FO6S2/c11-10(18,19(14,15)16)8(13)17-9-2-1-4-6(9)5(3-9)7(4)12/h4-7,12,18H,1-3H2,(H,14,15,16). The molecule has 0 heterocycles. The van der Waals surface area contributed by atoms with Crippen LogP contribution in [0.25, 0.3) is 0 Å². The third-order valence-corrected chi connectivity index (χ3v) is 6.50. The number of carbonyl (C=O) groups excluding carboxylic acids is 1. The van der Waals surface area contributed by atoms with Crippen molar-refractivity contribution < 1.29 is 32.0 Å². The Morgan fingerprint density at radius 3 is 2.68 bits per heavy atom. The molecule has 6 atom stereocenters. The molecule has 0 radical (unpaired) electrons. The zero-order chi connectivity index (χ0) is 14.2. The van der Waals surface area contributed by atoms with Crippen LogP contribution in [-0.2, 0) is 19.6 Å². The fourth-order valence-corrected chi connectivity index (χ4v) is 4.16. The average molecular weight is 312 g/mol. The zero-order valence-electron chi connectivity index (χ0n) is 9.69. The summed E-state index contributed by atoms with van der Waals surface area (Å²) in [4.78, 5) is 11.6. The van der Waals surface area contributed by atoms with Crippen LogP contribution in [0.5, 0.6) is 0 Å². The van der Waals surface area contributed by atoms with E-state index in [9.17, 15) is 22.7 Å². The maximum atomic E-state index is 13.7. The van der Waals surface area contributed by atoms with E-state index in [1.807, 2.05) is 0 Å². The third-order valence-electron chi connectivity index (χ3n) is 4.78. The van der Waals surface area contributed by atoms with Crippen LogP contribution in [0, 0.1) is 17.8 Å². The number of aliphatic hydroxyl groups excluding tert-OH is 1. The van der Waals surface area contributed by atoms with E-state index >= 15 is 0 Å². The lowest BCUT2D eigenvalue weighted by Crippen LogP contribution is -2.68. The molecule has 0 saturated heterocycles.